The van der Waals surface area contributed by atoms with Crippen molar-refractivity contribution in [1.29, 1.82) is 0 Å². The Morgan fingerprint density at radius 3 is 2.85 bits per heavy atom. The molecule has 1 heterocycles. The first kappa shape index (κ1) is 9.85. The van der Waals surface area contributed by atoms with Crippen molar-refractivity contribution in [2.45, 2.75) is 17.2 Å². The van der Waals surface area contributed by atoms with Crippen LogP contribution in [0.25, 0.3) is 0 Å². The van der Waals surface area contributed by atoms with Gasteiger partial charge in [0.25, 0.3) is 0 Å². The monoisotopic (exact) mass is 198 g/mol. The molecule has 3 N–H and O–H groups in total. The standard InChI is InChI=1S/C8H10N2O2S/c1-5(8(11)12)13-7-3-2-6(9)4-10-7/h2-5H,9H2,1H3,(H,11,12). The van der Waals surface area contributed by atoms with E-state index in [0.29, 0.717) is 10.7 Å². The molecule has 1 aromatic rings. The van der Waals surface area contributed by atoms with Crippen LogP contribution in [0.4, 0.5) is 5.69 Å². The average Bonchev–Trinajstić information content (AvgIpc) is 2.08. The van der Waals surface area contributed by atoms with Gasteiger partial charge in [0.1, 0.15) is 5.25 Å². The number of rotatable bonds is 3. The predicted octanol–water partition coefficient (Wildman–Crippen LogP) is 1.23. The predicted molar refractivity (Wildman–Crippen MR) is 51.6 cm³/mol. The van der Waals surface area contributed by atoms with Gasteiger partial charge in [-0.05, 0) is 19.1 Å². The van der Waals surface area contributed by atoms with E-state index in [0.717, 1.165) is 0 Å². The SMILES string of the molecule is CC(Sc1ccc(N)cn1)C(=O)O. The van der Waals surface area contributed by atoms with Gasteiger partial charge in [-0.25, -0.2) is 4.98 Å². The van der Waals surface area contributed by atoms with E-state index in [-0.39, 0.29) is 0 Å². The number of thioether (sulfide) groups is 1. The van der Waals surface area contributed by atoms with Crippen LogP contribution >= 0.6 is 11.8 Å². The van der Waals surface area contributed by atoms with E-state index in [1.807, 2.05) is 0 Å². The summed E-state index contributed by atoms with van der Waals surface area (Å²) in [5.74, 6) is -0.844. The molecule has 0 aliphatic heterocycles. The van der Waals surface area contributed by atoms with Gasteiger partial charge in [0, 0.05) is 0 Å². The van der Waals surface area contributed by atoms with Crippen molar-refractivity contribution in [3.8, 4) is 0 Å². The van der Waals surface area contributed by atoms with E-state index >= 15 is 0 Å². The van der Waals surface area contributed by atoms with Gasteiger partial charge in [-0.15, -0.1) is 0 Å². The Labute approximate surface area is 80.2 Å². The molecule has 70 valence electrons. The van der Waals surface area contributed by atoms with E-state index in [4.69, 9.17) is 10.8 Å². The number of carbonyl (C=O) groups is 1. The van der Waals surface area contributed by atoms with Crippen LogP contribution in [0.15, 0.2) is 23.4 Å². The summed E-state index contributed by atoms with van der Waals surface area (Å²) >= 11 is 1.19. The van der Waals surface area contributed by atoms with E-state index in [1.165, 1.54) is 18.0 Å². The number of carboxylic acids is 1. The number of nitrogens with two attached hydrogens (primary N) is 1. The van der Waals surface area contributed by atoms with E-state index in [9.17, 15) is 4.79 Å². The zero-order valence-corrected chi connectivity index (χ0v) is 7.91. The fourth-order valence-corrected chi connectivity index (χ4v) is 1.42. The molecule has 0 amide bonds. The van der Waals surface area contributed by atoms with Gasteiger partial charge in [-0.3, -0.25) is 4.79 Å². The smallest absolute Gasteiger partial charge is 0.316 e. The van der Waals surface area contributed by atoms with Gasteiger partial charge in [0.15, 0.2) is 0 Å². The van der Waals surface area contributed by atoms with Gasteiger partial charge in [0.2, 0.25) is 0 Å². The van der Waals surface area contributed by atoms with Gasteiger partial charge in [-0.2, -0.15) is 0 Å². The van der Waals surface area contributed by atoms with Crippen LogP contribution in [0.5, 0.6) is 0 Å². The topological polar surface area (TPSA) is 76.2 Å². The van der Waals surface area contributed by atoms with Crippen molar-refractivity contribution in [2.24, 2.45) is 0 Å². The van der Waals surface area contributed by atoms with Gasteiger partial charge in [-0.1, -0.05) is 11.8 Å². The summed E-state index contributed by atoms with van der Waals surface area (Å²) in [5, 5.41) is 8.81. The minimum absolute atomic E-state index is 0.490. The average molecular weight is 198 g/mol. The molecular formula is C8H10N2O2S. The quantitative estimate of drug-likeness (QED) is 0.714. The molecule has 0 fully saturated rings. The molecule has 0 aromatic carbocycles. The van der Waals surface area contributed by atoms with Crippen molar-refractivity contribution in [3.05, 3.63) is 18.3 Å². The molecule has 0 aliphatic carbocycles. The van der Waals surface area contributed by atoms with Gasteiger partial charge >= 0.3 is 5.97 Å². The molecule has 0 bridgehead atoms. The van der Waals surface area contributed by atoms with Crippen LogP contribution in [-0.2, 0) is 4.79 Å². The number of anilines is 1. The zero-order chi connectivity index (χ0) is 9.84. The molecule has 0 saturated carbocycles. The number of hydrogen-bond donors (Lipinski definition) is 2. The first-order valence-electron chi connectivity index (χ1n) is 3.70. The summed E-state index contributed by atoms with van der Waals surface area (Å²) in [6, 6.07) is 3.41. The van der Waals surface area contributed by atoms with Crippen LogP contribution in [0.2, 0.25) is 0 Å². The molecule has 0 spiro atoms. The highest BCUT2D eigenvalue weighted by Gasteiger charge is 2.12. The lowest BCUT2D eigenvalue weighted by Gasteiger charge is -2.04. The summed E-state index contributed by atoms with van der Waals surface area (Å²) in [7, 11) is 0. The number of aromatic nitrogens is 1. The normalized spacial score (nSPS) is 12.4. The van der Waals surface area contributed by atoms with E-state index < -0.39 is 11.2 Å². The van der Waals surface area contributed by atoms with E-state index in [2.05, 4.69) is 4.98 Å². The molecule has 5 heteroatoms. The summed E-state index contributed by atoms with van der Waals surface area (Å²) in [6.07, 6.45) is 1.51. The first-order chi connectivity index (χ1) is 6.09. The van der Waals surface area contributed by atoms with Crippen molar-refractivity contribution < 1.29 is 9.90 Å². The number of nitrogens with zero attached hydrogens (tertiary/aromatic N) is 1. The maximum atomic E-state index is 10.5. The molecular weight excluding hydrogens is 188 g/mol. The van der Waals surface area contributed by atoms with Crippen molar-refractivity contribution in [2.75, 3.05) is 5.73 Å². The zero-order valence-electron chi connectivity index (χ0n) is 7.10. The summed E-state index contributed by atoms with van der Waals surface area (Å²) in [4.78, 5) is 14.5. The highest BCUT2D eigenvalue weighted by molar-refractivity contribution is 8.00. The fourth-order valence-electron chi connectivity index (χ4n) is 0.693. The Bertz CT molecular complexity index is 300. The van der Waals surface area contributed by atoms with Crippen molar-refractivity contribution in [3.63, 3.8) is 0 Å². The second-order valence-electron chi connectivity index (χ2n) is 2.53. The first-order valence-corrected chi connectivity index (χ1v) is 4.58. The highest BCUT2D eigenvalue weighted by Crippen LogP contribution is 2.21. The molecule has 13 heavy (non-hydrogen) atoms. The summed E-state index contributed by atoms with van der Waals surface area (Å²) in [5.41, 5.74) is 6.01. The Morgan fingerprint density at radius 1 is 1.69 bits per heavy atom. The Hall–Kier alpha value is -1.23. The molecule has 1 rings (SSSR count). The minimum Gasteiger partial charge on any atom is -0.480 e. The summed E-state index contributed by atoms with van der Waals surface area (Å²) in [6.45, 7) is 1.62. The van der Waals surface area contributed by atoms with Gasteiger partial charge < -0.3 is 10.8 Å². The number of hydrogen-bond acceptors (Lipinski definition) is 4. The largest absolute Gasteiger partial charge is 0.480 e. The number of aliphatic carboxylic acids is 1. The summed E-state index contributed by atoms with van der Waals surface area (Å²) < 4.78 is 0. The number of pyridine rings is 1. The lowest BCUT2D eigenvalue weighted by molar-refractivity contribution is -0.136. The number of carboxylic acid groups (broad SMARTS) is 1. The second kappa shape index (κ2) is 4.13. The Kier molecular flexibility index (Phi) is 3.13. The van der Waals surface area contributed by atoms with Crippen LogP contribution in [0.3, 0.4) is 0 Å². The van der Waals surface area contributed by atoms with E-state index in [1.54, 1.807) is 19.1 Å². The molecule has 1 unspecified atom stereocenters. The molecule has 4 nitrogen and oxygen atoms in total. The molecule has 0 radical (unpaired) electrons. The van der Waals surface area contributed by atoms with Gasteiger partial charge in [0.05, 0.1) is 16.9 Å². The third-order valence-electron chi connectivity index (χ3n) is 1.40. The second-order valence-corrected chi connectivity index (χ2v) is 3.89. The lowest BCUT2D eigenvalue weighted by atomic mass is 10.4. The van der Waals surface area contributed by atoms with Crippen LogP contribution in [-0.4, -0.2) is 21.3 Å². The Balaban J connectivity index is 2.64. The molecule has 0 saturated heterocycles. The molecule has 1 aromatic heterocycles. The third kappa shape index (κ3) is 2.95. The van der Waals surface area contributed by atoms with Crippen LogP contribution in [0, 0.1) is 0 Å². The fraction of sp³-hybridized carbons (Fsp3) is 0.250. The van der Waals surface area contributed by atoms with Crippen LogP contribution < -0.4 is 5.73 Å². The third-order valence-corrected chi connectivity index (χ3v) is 2.44. The molecule has 0 aliphatic rings. The minimum atomic E-state index is -0.844. The maximum Gasteiger partial charge on any atom is 0.316 e. The number of nitrogen functional groups attached to an aromatic ring is 1. The highest BCUT2D eigenvalue weighted by atomic mass is 32.2. The maximum absolute atomic E-state index is 10.5. The van der Waals surface area contributed by atoms with Crippen molar-refractivity contribution in [1.82, 2.24) is 4.98 Å². The Morgan fingerprint density at radius 2 is 2.38 bits per heavy atom. The van der Waals surface area contributed by atoms with Crippen molar-refractivity contribution >= 4 is 23.4 Å². The van der Waals surface area contributed by atoms with Crippen LogP contribution in [0.1, 0.15) is 6.92 Å². The molecule has 1 atom stereocenters. The lowest BCUT2D eigenvalue weighted by Crippen LogP contribution is -2.11.